The number of nitrogens with one attached hydrogen (secondary N) is 1. The third kappa shape index (κ3) is 6.15. The average Bonchev–Trinajstić information content (AvgIpc) is 2.57. The molecule has 0 spiro atoms. The predicted octanol–water partition coefficient (Wildman–Crippen LogP) is 1.73. The highest BCUT2D eigenvalue weighted by atomic mass is 19.1. The van der Waals surface area contributed by atoms with E-state index in [4.69, 9.17) is 4.74 Å². The maximum absolute atomic E-state index is 12.8. The van der Waals surface area contributed by atoms with Crippen molar-refractivity contribution in [1.82, 2.24) is 15.1 Å². The van der Waals surface area contributed by atoms with Gasteiger partial charge in [0.2, 0.25) is 0 Å². The molecule has 1 heterocycles. The van der Waals surface area contributed by atoms with Crippen LogP contribution in [-0.4, -0.2) is 68.8 Å². The molecule has 0 bridgehead atoms. The molecule has 6 heteroatoms. The standard InChI is InChI=1S/C17H26FN3O2/c1-23-14-2-9-20-10-12-21(13-11-20)17(22)19-8-7-15-3-5-16(18)6-4-15/h3-6H,2,7-14H2,1H3,(H,19,22). The molecule has 0 unspecified atom stereocenters. The molecule has 0 saturated carbocycles. The van der Waals surface area contributed by atoms with Gasteiger partial charge in [-0.2, -0.15) is 0 Å². The molecule has 0 aromatic heterocycles. The minimum absolute atomic E-state index is 0.0105. The molecule has 2 amide bonds. The van der Waals surface area contributed by atoms with Gasteiger partial charge in [-0.05, 0) is 30.5 Å². The van der Waals surface area contributed by atoms with E-state index in [0.29, 0.717) is 13.0 Å². The first-order valence-corrected chi connectivity index (χ1v) is 8.17. The van der Waals surface area contributed by atoms with E-state index < -0.39 is 0 Å². The van der Waals surface area contributed by atoms with Crippen molar-refractivity contribution in [2.24, 2.45) is 0 Å². The summed E-state index contributed by atoms with van der Waals surface area (Å²) in [5.41, 5.74) is 1.02. The molecular weight excluding hydrogens is 297 g/mol. The number of piperazine rings is 1. The summed E-state index contributed by atoms with van der Waals surface area (Å²) < 4.78 is 17.9. The van der Waals surface area contributed by atoms with Gasteiger partial charge >= 0.3 is 6.03 Å². The summed E-state index contributed by atoms with van der Waals surface area (Å²) in [6.07, 6.45) is 1.74. The number of hydrogen-bond acceptors (Lipinski definition) is 3. The summed E-state index contributed by atoms with van der Waals surface area (Å²) in [4.78, 5) is 16.3. The summed E-state index contributed by atoms with van der Waals surface area (Å²) in [6.45, 7) is 5.71. The van der Waals surface area contributed by atoms with Crippen LogP contribution in [0.25, 0.3) is 0 Å². The summed E-state index contributed by atoms with van der Waals surface area (Å²) in [5, 5.41) is 2.94. The molecule has 2 rings (SSSR count). The van der Waals surface area contributed by atoms with E-state index in [-0.39, 0.29) is 11.8 Å². The Hall–Kier alpha value is -1.66. The lowest BCUT2D eigenvalue weighted by molar-refractivity contribution is 0.125. The summed E-state index contributed by atoms with van der Waals surface area (Å²) in [6, 6.07) is 6.38. The topological polar surface area (TPSA) is 44.8 Å². The van der Waals surface area contributed by atoms with Crippen molar-refractivity contribution >= 4 is 6.03 Å². The molecule has 1 aromatic rings. The van der Waals surface area contributed by atoms with Crippen molar-refractivity contribution < 1.29 is 13.9 Å². The average molecular weight is 323 g/mol. The fourth-order valence-corrected chi connectivity index (χ4v) is 2.68. The SMILES string of the molecule is COCCCN1CCN(C(=O)NCCc2ccc(F)cc2)CC1. The summed E-state index contributed by atoms with van der Waals surface area (Å²) in [7, 11) is 1.72. The maximum atomic E-state index is 12.8. The second-order valence-corrected chi connectivity index (χ2v) is 5.78. The molecule has 0 atom stereocenters. The Kier molecular flexibility index (Phi) is 7.29. The summed E-state index contributed by atoms with van der Waals surface area (Å²) >= 11 is 0. The van der Waals surface area contributed by atoms with Crippen LogP contribution in [0.1, 0.15) is 12.0 Å². The van der Waals surface area contributed by atoms with Gasteiger partial charge in [-0.15, -0.1) is 0 Å². The van der Waals surface area contributed by atoms with Gasteiger partial charge in [0, 0.05) is 53.0 Å². The third-order valence-corrected chi connectivity index (χ3v) is 4.09. The Morgan fingerprint density at radius 3 is 2.57 bits per heavy atom. The monoisotopic (exact) mass is 323 g/mol. The van der Waals surface area contributed by atoms with Crippen molar-refractivity contribution in [3.63, 3.8) is 0 Å². The van der Waals surface area contributed by atoms with Crippen molar-refractivity contribution in [1.29, 1.82) is 0 Å². The Labute approximate surface area is 137 Å². The highest BCUT2D eigenvalue weighted by molar-refractivity contribution is 5.74. The molecule has 0 radical (unpaired) electrons. The van der Waals surface area contributed by atoms with Crippen LogP contribution in [0.2, 0.25) is 0 Å². The minimum atomic E-state index is -0.235. The number of nitrogens with zero attached hydrogens (tertiary/aromatic N) is 2. The number of rotatable bonds is 7. The lowest BCUT2D eigenvalue weighted by Crippen LogP contribution is -2.52. The molecule has 128 valence electrons. The number of halogens is 1. The predicted molar refractivity (Wildman–Crippen MR) is 88.0 cm³/mol. The van der Waals surface area contributed by atoms with Gasteiger partial charge in [0.15, 0.2) is 0 Å². The zero-order valence-corrected chi connectivity index (χ0v) is 13.8. The highest BCUT2D eigenvalue weighted by Gasteiger charge is 2.20. The normalized spacial score (nSPS) is 15.7. The van der Waals surface area contributed by atoms with Crippen molar-refractivity contribution in [2.75, 3.05) is 53.0 Å². The van der Waals surface area contributed by atoms with Crippen LogP contribution < -0.4 is 5.32 Å². The van der Waals surface area contributed by atoms with Gasteiger partial charge in [-0.3, -0.25) is 4.90 Å². The van der Waals surface area contributed by atoms with Crippen LogP contribution in [0, 0.1) is 5.82 Å². The van der Waals surface area contributed by atoms with Crippen LogP contribution in [-0.2, 0) is 11.2 Å². The Morgan fingerprint density at radius 2 is 1.91 bits per heavy atom. The first-order chi connectivity index (χ1) is 11.2. The molecule has 23 heavy (non-hydrogen) atoms. The van der Waals surface area contributed by atoms with E-state index in [2.05, 4.69) is 10.2 Å². The van der Waals surface area contributed by atoms with Crippen LogP contribution in [0.3, 0.4) is 0 Å². The van der Waals surface area contributed by atoms with Gasteiger partial charge in [-0.25, -0.2) is 9.18 Å². The zero-order valence-electron chi connectivity index (χ0n) is 13.8. The number of methoxy groups -OCH3 is 1. The molecule has 0 aliphatic carbocycles. The van der Waals surface area contributed by atoms with Crippen LogP contribution in [0.15, 0.2) is 24.3 Å². The maximum Gasteiger partial charge on any atom is 0.317 e. The van der Waals surface area contributed by atoms with Crippen LogP contribution in [0.4, 0.5) is 9.18 Å². The molecule has 1 aromatic carbocycles. The Balaban J connectivity index is 1.62. The number of urea groups is 1. The Bertz CT molecular complexity index is 473. The highest BCUT2D eigenvalue weighted by Crippen LogP contribution is 2.05. The molecular formula is C17H26FN3O2. The minimum Gasteiger partial charge on any atom is -0.385 e. The summed E-state index contributed by atoms with van der Waals surface area (Å²) in [5.74, 6) is -0.235. The number of ether oxygens (including phenoxy) is 1. The van der Waals surface area contributed by atoms with Gasteiger partial charge < -0.3 is 15.0 Å². The van der Waals surface area contributed by atoms with Gasteiger partial charge in [0.05, 0.1) is 0 Å². The fourth-order valence-electron chi connectivity index (χ4n) is 2.68. The molecule has 1 aliphatic heterocycles. The van der Waals surface area contributed by atoms with E-state index in [1.807, 2.05) is 4.90 Å². The van der Waals surface area contributed by atoms with E-state index in [1.54, 1.807) is 19.2 Å². The first kappa shape index (κ1) is 17.7. The quantitative estimate of drug-likeness (QED) is 0.777. The van der Waals surface area contributed by atoms with Crippen molar-refractivity contribution in [3.05, 3.63) is 35.6 Å². The lowest BCUT2D eigenvalue weighted by atomic mass is 10.1. The Morgan fingerprint density at radius 1 is 1.22 bits per heavy atom. The number of benzene rings is 1. The molecule has 1 saturated heterocycles. The first-order valence-electron chi connectivity index (χ1n) is 8.17. The second-order valence-electron chi connectivity index (χ2n) is 5.78. The molecule has 5 nitrogen and oxygen atoms in total. The van der Waals surface area contributed by atoms with E-state index in [1.165, 1.54) is 12.1 Å². The number of amides is 2. The van der Waals surface area contributed by atoms with Gasteiger partial charge in [0.25, 0.3) is 0 Å². The van der Waals surface area contributed by atoms with E-state index >= 15 is 0 Å². The van der Waals surface area contributed by atoms with E-state index in [0.717, 1.165) is 51.3 Å². The fraction of sp³-hybridized carbons (Fsp3) is 0.588. The number of carbonyl (C=O) groups excluding carboxylic acids is 1. The third-order valence-electron chi connectivity index (χ3n) is 4.09. The zero-order chi connectivity index (χ0) is 16.5. The lowest BCUT2D eigenvalue weighted by Gasteiger charge is -2.34. The van der Waals surface area contributed by atoms with Crippen LogP contribution in [0.5, 0.6) is 0 Å². The molecule has 1 N–H and O–H groups in total. The molecule has 1 fully saturated rings. The largest absolute Gasteiger partial charge is 0.385 e. The van der Waals surface area contributed by atoms with Gasteiger partial charge in [-0.1, -0.05) is 12.1 Å². The number of carbonyl (C=O) groups is 1. The van der Waals surface area contributed by atoms with E-state index in [9.17, 15) is 9.18 Å². The van der Waals surface area contributed by atoms with Gasteiger partial charge in [0.1, 0.15) is 5.82 Å². The smallest absolute Gasteiger partial charge is 0.317 e. The number of hydrogen-bond donors (Lipinski definition) is 1. The van der Waals surface area contributed by atoms with Crippen molar-refractivity contribution in [2.45, 2.75) is 12.8 Å². The second kappa shape index (κ2) is 9.47. The molecule has 1 aliphatic rings. The van der Waals surface area contributed by atoms with Crippen LogP contribution >= 0.6 is 0 Å². The van der Waals surface area contributed by atoms with Crippen molar-refractivity contribution in [3.8, 4) is 0 Å².